The number of amides is 3. The zero-order valence-electron chi connectivity index (χ0n) is 15.4. The number of hydrogen-bond acceptors (Lipinski definition) is 2. The highest BCUT2D eigenvalue weighted by Gasteiger charge is 2.17. The molecule has 0 heterocycles. The minimum absolute atomic E-state index is 0.175. The number of carbonyl (C=O) groups excluding carboxylic acids is 2. The van der Waals surface area contributed by atoms with Gasteiger partial charge < -0.3 is 15.5 Å². The number of rotatable bonds is 5. The van der Waals surface area contributed by atoms with Crippen molar-refractivity contribution >= 4 is 34.9 Å². The van der Waals surface area contributed by atoms with Crippen molar-refractivity contribution in [1.82, 2.24) is 4.90 Å². The second-order valence-corrected chi connectivity index (χ2v) is 6.71. The summed E-state index contributed by atoms with van der Waals surface area (Å²) >= 11 is 5.85. The molecule has 3 aromatic carbocycles. The molecule has 3 rings (SSSR count). The van der Waals surface area contributed by atoms with Crippen LogP contribution in [-0.2, 0) is 6.54 Å². The van der Waals surface area contributed by atoms with E-state index in [9.17, 15) is 9.59 Å². The van der Waals surface area contributed by atoms with Crippen LogP contribution < -0.4 is 10.6 Å². The lowest BCUT2D eigenvalue weighted by atomic mass is 10.1. The highest BCUT2D eigenvalue weighted by atomic mass is 35.5. The second kappa shape index (κ2) is 9.06. The lowest BCUT2D eigenvalue weighted by Gasteiger charge is -2.19. The average molecular weight is 394 g/mol. The molecule has 0 aliphatic rings. The summed E-state index contributed by atoms with van der Waals surface area (Å²) in [6.07, 6.45) is 0. The number of urea groups is 1. The molecule has 5 nitrogen and oxygen atoms in total. The van der Waals surface area contributed by atoms with Gasteiger partial charge in [0.2, 0.25) is 0 Å². The standard InChI is InChI=1S/C22H20ClN3O2/c1-26(15-16-7-3-2-4-8-16)21(27)19-9-5-6-10-20(19)25-22(28)24-18-13-11-17(23)12-14-18/h2-14H,15H2,1H3,(H2,24,25,28). The van der Waals surface area contributed by atoms with Gasteiger partial charge in [-0.25, -0.2) is 4.79 Å². The zero-order valence-corrected chi connectivity index (χ0v) is 16.1. The van der Waals surface area contributed by atoms with Crippen LogP contribution in [0, 0.1) is 0 Å². The van der Waals surface area contributed by atoms with Crippen LogP contribution in [-0.4, -0.2) is 23.9 Å². The Labute approximate surface area is 168 Å². The number of anilines is 2. The van der Waals surface area contributed by atoms with Gasteiger partial charge in [0.1, 0.15) is 0 Å². The largest absolute Gasteiger partial charge is 0.337 e. The van der Waals surface area contributed by atoms with Gasteiger partial charge in [-0.05, 0) is 42.0 Å². The van der Waals surface area contributed by atoms with Crippen molar-refractivity contribution in [2.24, 2.45) is 0 Å². The Bertz CT molecular complexity index is 959. The molecule has 0 unspecified atom stereocenters. The van der Waals surface area contributed by atoms with Crippen molar-refractivity contribution in [2.75, 3.05) is 17.7 Å². The minimum Gasteiger partial charge on any atom is -0.337 e. The van der Waals surface area contributed by atoms with Gasteiger partial charge >= 0.3 is 6.03 Å². The molecule has 0 fully saturated rings. The molecule has 0 radical (unpaired) electrons. The van der Waals surface area contributed by atoms with Crippen molar-refractivity contribution in [3.05, 3.63) is 95.0 Å². The molecule has 0 spiro atoms. The number of nitrogens with zero attached hydrogens (tertiary/aromatic N) is 1. The summed E-state index contributed by atoms with van der Waals surface area (Å²) in [7, 11) is 1.74. The third kappa shape index (κ3) is 5.11. The molecule has 0 atom stereocenters. The quantitative estimate of drug-likeness (QED) is 0.621. The molecule has 6 heteroatoms. The van der Waals surface area contributed by atoms with Gasteiger partial charge in [0.05, 0.1) is 11.3 Å². The van der Waals surface area contributed by atoms with E-state index in [1.807, 2.05) is 30.3 Å². The lowest BCUT2D eigenvalue weighted by Crippen LogP contribution is -2.28. The molecule has 0 aliphatic carbocycles. The lowest BCUT2D eigenvalue weighted by molar-refractivity contribution is 0.0786. The third-order valence-electron chi connectivity index (χ3n) is 4.12. The fraction of sp³-hybridized carbons (Fsp3) is 0.0909. The maximum atomic E-state index is 12.9. The van der Waals surface area contributed by atoms with Crippen molar-refractivity contribution < 1.29 is 9.59 Å². The Hall–Kier alpha value is -3.31. The zero-order chi connectivity index (χ0) is 19.9. The number of carbonyl (C=O) groups is 2. The van der Waals surface area contributed by atoms with Gasteiger partial charge in [-0.3, -0.25) is 4.79 Å². The summed E-state index contributed by atoms with van der Waals surface area (Å²) in [4.78, 5) is 26.8. The van der Waals surface area contributed by atoms with Gasteiger partial charge in [-0.2, -0.15) is 0 Å². The van der Waals surface area contributed by atoms with Crippen LogP contribution in [0.3, 0.4) is 0 Å². The van der Waals surface area contributed by atoms with E-state index >= 15 is 0 Å². The smallest absolute Gasteiger partial charge is 0.323 e. The van der Waals surface area contributed by atoms with E-state index in [-0.39, 0.29) is 5.91 Å². The highest BCUT2D eigenvalue weighted by Crippen LogP contribution is 2.19. The number of benzene rings is 3. The molecular formula is C22H20ClN3O2. The van der Waals surface area contributed by atoms with Gasteiger partial charge in [-0.1, -0.05) is 54.1 Å². The van der Waals surface area contributed by atoms with E-state index in [2.05, 4.69) is 10.6 Å². The van der Waals surface area contributed by atoms with Crippen molar-refractivity contribution in [1.29, 1.82) is 0 Å². The first-order chi connectivity index (χ1) is 13.5. The molecule has 0 saturated carbocycles. The molecular weight excluding hydrogens is 374 g/mol. The summed E-state index contributed by atoms with van der Waals surface area (Å²) in [6.45, 7) is 0.477. The van der Waals surface area contributed by atoms with Crippen molar-refractivity contribution in [2.45, 2.75) is 6.54 Å². The Kier molecular flexibility index (Phi) is 6.29. The number of halogens is 1. The maximum Gasteiger partial charge on any atom is 0.323 e. The molecule has 0 bridgehead atoms. The first kappa shape index (κ1) is 19.5. The summed E-state index contributed by atoms with van der Waals surface area (Å²) < 4.78 is 0. The van der Waals surface area contributed by atoms with Crippen LogP contribution in [0.5, 0.6) is 0 Å². The van der Waals surface area contributed by atoms with E-state index in [4.69, 9.17) is 11.6 Å². The number of nitrogens with one attached hydrogen (secondary N) is 2. The van der Waals surface area contributed by atoms with E-state index in [1.54, 1.807) is 60.5 Å². The fourth-order valence-electron chi connectivity index (χ4n) is 2.73. The molecule has 3 aromatic rings. The van der Waals surface area contributed by atoms with Gasteiger partial charge in [0, 0.05) is 24.3 Å². The van der Waals surface area contributed by atoms with E-state index < -0.39 is 6.03 Å². The van der Waals surface area contributed by atoms with Crippen LogP contribution in [0.15, 0.2) is 78.9 Å². The first-order valence-corrected chi connectivity index (χ1v) is 9.13. The molecule has 28 heavy (non-hydrogen) atoms. The Morgan fingerprint density at radius 3 is 2.21 bits per heavy atom. The van der Waals surface area contributed by atoms with Gasteiger partial charge in [-0.15, -0.1) is 0 Å². The normalized spacial score (nSPS) is 10.2. The second-order valence-electron chi connectivity index (χ2n) is 6.28. The Morgan fingerprint density at radius 1 is 0.857 bits per heavy atom. The monoisotopic (exact) mass is 393 g/mol. The highest BCUT2D eigenvalue weighted by molar-refractivity contribution is 6.30. The average Bonchev–Trinajstić information content (AvgIpc) is 2.70. The topological polar surface area (TPSA) is 61.4 Å². The molecule has 2 N–H and O–H groups in total. The Morgan fingerprint density at radius 2 is 1.50 bits per heavy atom. The molecule has 142 valence electrons. The van der Waals surface area contributed by atoms with Gasteiger partial charge in [0.25, 0.3) is 5.91 Å². The molecule has 0 aromatic heterocycles. The van der Waals surface area contributed by atoms with Crippen molar-refractivity contribution in [3.63, 3.8) is 0 Å². The number of para-hydroxylation sites is 1. The summed E-state index contributed by atoms with van der Waals surface area (Å²) in [5.41, 5.74) is 2.50. The number of hydrogen-bond donors (Lipinski definition) is 2. The minimum atomic E-state index is -0.437. The van der Waals surface area contributed by atoms with Crippen LogP contribution in [0.25, 0.3) is 0 Å². The summed E-state index contributed by atoms with van der Waals surface area (Å²) in [5, 5.41) is 6.05. The molecule has 0 saturated heterocycles. The first-order valence-electron chi connectivity index (χ1n) is 8.75. The third-order valence-corrected chi connectivity index (χ3v) is 4.37. The van der Waals surface area contributed by atoms with E-state index in [0.717, 1.165) is 5.56 Å². The van der Waals surface area contributed by atoms with Crippen LogP contribution in [0.1, 0.15) is 15.9 Å². The molecule has 3 amide bonds. The van der Waals surface area contributed by atoms with Crippen LogP contribution in [0.2, 0.25) is 5.02 Å². The van der Waals surface area contributed by atoms with Crippen LogP contribution in [0.4, 0.5) is 16.2 Å². The predicted octanol–water partition coefficient (Wildman–Crippen LogP) is 5.26. The van der Waals surface area contributed by atoms with E-state index in [0.29, 0.717) is 28.5 Å². The fourth-order valence-corrected chi connectivity index (χ4v) is 2.86. The molecule has 0 aliphatic heterocycles. The predicted molar refractivity (Wildman–Crippen MR) is 113 cm³/mol. The summed E-state index contributed by atoms with van der Waals surface area (Å²) in [5.74, 6) is -0.175. The van der Waals surface area contributed by atoms with Crippen LogP contribution >= 0.6 is 11.6 Å². The van der Waals surface area contributed by atoms with Crippen molar-refractivity contribution in [3.8, 4) is 0 Å². The van der Waals surface area contributed by atoms with Gasteiger partial charge in [0.15, 0.2) is 0 Å². The van der Waals surface area contributed by atoms with E-state index in [1.165, 1.54) is 0 Å². The Balaban J connectivity index is 1.70. The SMILES string of the molecule is CN(Cc1ccccc1)C(=O)c1ccccc1NC(=O)Nc1ccc(Cl)cc1. The summed E-state index contributed by atoms with van der Waals surface area (Å²) in [6, 6.07) is 23.0. The maximum absolute atomic E-state index is 12.9.